The summed E-state index contributed by atoms with van der Waals surface area (Å²) in [6.07, 6.45) is 4.18. The number of aromatic nitrogens is 4. The van der Waals surface area contributed by atoms with E-state index >= 15 is 0 Å². The molecule has 1 N–H and O–H groups in total. The Morgan fingerprint density at radius 1 is 0.767 bits per heavy atom. The normalized spacial score (nSPS) is 13.3. The quantitative estimate of drug-likeness (QED) is 0.418. The summed E-state index contributed by atoms with van der Waals surface area (Å²) in [6, 6.07) is 29.4. The standard InChI is InChI=1S/C26H20N4/c1-3-9-18(10-4-1)25-27-26(29-28-25)19-15-16-22-21-13-7-8-14-23(21)30(24(22)17-19)20-11-5-2-6-12-20/h1-14,17H,15-16H2,(H,27,28,29). The molecule has 4 nitrogen and oxygen atoms in total. The second kappa shape index (κ2) is 6.85. The number of allylic oxidation sites excluding steroid dienone is 1. The van der Waals surface area contributed by atoms with Gasteiger partial charge in [-0.05, 0) is 42.7 Å². The van der Waals surface area contributed by atoms with Gasteiger partial charge in [0.05, 0.1) is 11.2 Å². The van der Waals surface area contributed by atoms with Crippen molar-refractivity contribution in [3.05, 3.63) is 102 Å². The van der Waals surface area contributed by atoms with Crippen LogP contribution in [0.4, 0.5) is 0 Å². The highest BCUT2D eigenvalue weighted by Crippen LogP contribution is 2.37. The zero-order chi connectivity index (χ0) is 19.9. The van der Waals surface area contributed by atoms with E-state index in [9.17, 15) is 0 Å². The van der Waals surface area contributed by atoms with E-state index in [-0.39, 0.29) is 0 Å². The first-order valence-electron chi connectivity index (χ1n) is 10.2. The zero-order valence-corrected chi connectivity index (χ0v) is 16.4. The van der Waals surface area contributed by atoms with E-state index in [0.717, 1.165) is 30.1 Å². The minimum atomic E-state index is 0.782. The lowest BCUT2D eigenvalue weighted by Gasteiger charge is -2.15. The second-order valence-corrected chi connectivity index (χ2v) is 7.60. The molecule has 1 aliphatic rings. The monoisotopic (exact) mass is 388 g/mol. The number of aryl methyl sites for hydroxylation is 1. The summed E-state index contributed by atoms with van der Waals surface area (Å²) in [6.45, 7) is 0. The Morgan fingerprint density at radius 2 is 1.50 bits per heavy atom. The fourth-order valence-corrected chi connectivity index (χ4v) is 4.40. The fourth-order valence-electron chi connectivity index (χ4n) is 4.40. The van der Waals surface area contributed by atoms with Crippen molar-refractivity contribution in [2.24, 2.45) is 0 Å². The molecule has 5 aromatic rings. The van der Waals surface area contributed by atoms with E-state index in [1.165, 1.54) is 33.4 Å². The highest BCUT2D eigenvalue weighted by molar-refractivity contribution is 5.94. The van der Waals surface area contributed by atoms with Crippen molar-refractivity contribution in [1.82, 2.24) is 19.7 Å². The van der Waals surface area contributed by atoms with Crippen LogP contribution in [-0.4, -0.2) is 19.7 Å². The number of nitrogens with one attached hydrogen (secondary N) is 1. The zero-order valence-electron chi connectivity index (χ0n) is 16.4. The minimum Gasteiger partial charge on any atom is -0.310 e. The lowest BCUT2D eigenvalue weighted by atomic mass is 9.95. The number of benzene rings is 3. The molecular formula is C26H20N4. The third-order valence-corrected chi connectivity index (χ3v) is 5.81. The molecule has 2 heterocycles. The lowest BCUT2D eigenvalue weighted by Crippen LogP contribution is -2.03. The Kier molecular flexibility index (Phi) is 3.88. The number of aromatic amines is 1. The van der Waals surface area contributed by atoms with Crippen LogP contribution in [0.15, 0.2) is 84.9 Å². The number of H-pyrrole nitrogens is 1. The van der Waals surface area contributed by atoms with Gasteiger partial charge in [-0.2, -0.15) is 5.10 Å². The summed E-state index contributed by atoms with van der Waals surface area (Å²) in [5, 5.41) is 8.96. The predicted molar refractivity (Wildman–Crippen MR) is 121 cm³/mol. The van der Waals surface area contributed by atoms with Gasteiger partial charge in [-0.25, -0.2) is 4.98 Å². The van der Waals surface area contributed by atoms with Gasteiger partial charge in [-0.1, -0.05) is 66.7 Å². The lowest BCUT2D eigenvalue weighted by molar-refractivity contribution is 0.959. The molecule has 0 radical (unpaired) electrons. The van der Waals surface area contributed by atoms with Gasteiger partial charge in [0, 0.05) is 22.2 Å². The molecule has 0 saturated heterocycles. The van der Waals surface area contributed by atoms with E-state index < -0.39 is 0 Å². The van der Waals surface area contributed by atoms with E-state index in [2.05, 4.69) is 75.4 Å². The summed E-state index contributed by atoms with van der Waals surface area (Å²) in [4.78, 5) is 4.79. The van der Waals surface area contributed by atoms with Crippen LogP contribution in [0, 0.1) is 0 Å². The van der Waals surface area contributed by atoms with Gasteiger partial charge in [-0.3, -0.25) is 5.10 Å². The number of nitrogens with zero attached hydrogens (tertiary/aromatic N) is 3. The first-order chi connectivity index (χ1) is 14.9. The van der Waals surface area contributed by atoms with Crippen LogP contribution in [-0.2, 0) is 6.42 Å². The minimum absolute atomic E-state index is 0.782. The smallest absolute Gasteiger partial charge is 0.177 e. The van der Waals surface area contributed by atoms with Gasteiger partial charge in [0.15, 0.2) is 11.6 Å². The van der Waals surface area contributed by atoms with Crippen molar-refractivity contribution in [3.63, 3.8) is 0 Å². The Bertz CT molecular complexity index is 1370. The summed E-state index contributed by atoms with van der Waals surface area (Å²) in [5.74, 6) is 1.59. The number of hydrogen-bond donors (Lipinski definition) is 1. The summed E-state index contributed by atoms with van der Waals surface area (Å²) in [7, 11) is 0. The molecule has 0 atom stereocenters. The SMILES string of the molecule is C1=C(c2n[nH]c(-c3ccccc3)n2)CCc2c1n(-c1ccccc1)c1ccccc21. The Morgan fingerprint density at radius 3 is 2.33 bits per heavy atom. The van der Waals surface area contributed by atoms with Crippen molar-refractivity contribution in [1.29, 1.82) is 0 Å². The van der Waals surface area contributed by atoms with E-state index in [1.54, 1.807) is 0 Å². The molecule has 6 rings (SSSR count). The van der Waals surface area contributed by atoms with E-state index in [0.29, 0.717) is 0 Å². The van der Waals surface area contributed by atoms with E-state index in [1.807, 2.05) is 30.3 Å². The van der Waals surface area contributed by atoms with Crippen molar-refractivity contribution in [3.8, 4) is 17.1 Å². The van der Waals surface area contributed by atoms with E-state index in [4.69, 9.17) is 4.98 Å². The number of rotatable bonds is 3. The van der Waals surface area contributed by atoms with Crippen molar-refractivity contribution >= 4 is 22.6 Å². The second-order valence-electron chi connectivity index (χ2n) is 7.60. The molecule has 3 aromatic carbocycles. The van der Waals surface area contributed by atoms with Gasteiger partial charge >= 0.3 is 0 Å². The van der Waals surface area contributed by atoms with Crippen molar-refractivity contribution < 1.29 is 0 Å². The highest BCUT2D eigenvalue weighted by Gasteiger charge is 2.23. The van der Waals surface area contributed by atoms with Crippen molar-refractivity contribution in [2.75, 3.05) is 0 Å². The van der Waals surface area contributed by atoms with Gasteiger partial charge in [0.1, 0.15) is 0 Å². The predicted octanol–water partition coefficient (Wildman–Crippen LogP) is 5.90. The number of hydrogen-bond acceptors (Lipinski definition) is 2. The molecule has 4 heteroatoms. The summed E-state index contributed by atoms with van der Waals surface area (Å²) < 4.78 is 2.36. The molecule has 0 saturated carbocycles. The summed E-state index contributed by atoms with van der Waals surface area (Å²) in [5.41, 5.74) is 7.26. The van der Waals surface area contributed by atoms with Crippen LogP contribution >= 0.6 is 0 Å². The first-order valence-corrected chi connectivity index (χ1v) is 10.2. The fraction of sp³-hybridized carbons (Fsp3) is 0.0769. The average Bonchev–Trinajstić information content (AvgIpc) is 3.43. The number of fused-ring (bicyclic) bond motifs is 3. The molecule has 0 unspecified atom stereocenters. The Balaban J connectivity index is 1.51. The van der Waals surface area contributed by atoms with Crippen LogP contribution in [0.1, 0.15) is 23.5 Å². The largest absolute Gasteiger partial charge is 0.310 e. The maximum Gasteiger partial charge on any atom is 0.177 e. The van der Waals surface area contributed by atoms with Gasteiger partial charge < -0.3 is 4.57 Å². The molecule has 0 bridgehead atoms. The number of para-hydroxylation sites is 2. The molecular weight excluding hydrogens is 368 g/mol. The molecule has 0 fully saturated rings. The van der Waals surface area contributed by atoms with Crippen molar-refractivity contribution in [2.45, 2.75) is 12.8 Å². The maximum absolute atomic E-state index is 4.79. The molecule has 0 amide bonds. The maximum atomic E-state index is 4.79. The summed E-state index contributed by atoms with van der Waals surface area (Å²) >= 11 is 0. The van der Waals surface area contributed by atoms with Gasteiger partial charge in [0.25, 0.3) is 0 Å². The molecule has 0 aliphatic heterocycles. The van der Waals surface area contributed by atoms with Gasteiger partial charge in [0.2, 0.25) is 0 Å². The third-order valence-electron chi connectivity index (χ3n) is 5.81. The Labute approximate surface area is 174 Å². The van der Waals surface area contributed by atoms with Crippen LogP contribution in [0.3, 0.4) is 0 Å². The van der Waals surface area contributed by atoms with Crippen LogP contribution in [0.2, 0.25) is 0 Å². The molecule has 144 valence electrons. The molecule has 0 spiro atoms. The highest BCUT2D eigenvalue weighted by atomic mass is 15.2. The first kappa shape index (κ1) is 17.0. The average molecular weight is 388 g/mol. The van der Waals surface area contributed by atoms with Crippen LogP contribution in [0.5, 0.6) is 0 Å². The third kappa shape index (κ3) is 2.69. The Hall–Kier alpha value is -3.92. The van der Waals surface area contributed by atoms with Gasteiger partial charge in [-0.15, -0.1) is 0 Å². The molecule has 2 aromatic heterocycles. The van der Waals surface area contributed by atoms with Crippen LogP contribution in [0.25, 0.3) is 39.6 Å². The van der Waals surface area contributed by atoms with Crippen LogP contribution < -0.4 is 0 Å². The molecule has 1 aliphatic carbocycles. The topological polar surface area (TPSA) is 46.5 Å². The molecule has 30 heavy (non-hydrogen) atoms.